The minimum atomic E-state index is 0.768. The fourth-order valence-electron chi connectivity index (χ4n) is 4.21. The van der Waals surface area contributed by atoms with E-state index in [0.717, 1.165) is 18.1 Å². The summed E-state index contributed by atoms with van der Waals surface area (Å²) in [7, 11) is 0. The molecule has 0 saturated heterocycles. The molecule has 1 aromatic heterocycles. The fraction of sp³-hybridized carbons (Fsp3) is 0.842. The van der Waals surface area contributed by atoms with Crippen LogP contribution < -0.4 is 0 Å². The summed E-state index contributed by atoms with van der Waals surface area (Å²) in [6.07, 6.45) is 19.3. The Bertz CT molecular complexity index is 594. The van der Waals surface area contributed by atoms with Crippen LogP contribution in [-0.2, 0) is 19.4 Å². The van der Waals surface area contributed by atoms with E-state index in [1.54, 1.807) is 0 Å². The zero-order valence-electron chi connectivity index (χ0n) is 15.2. The summed E-state index contributed by atoms with van der Waals surface area (Å²) in [4.78, 5) is 0. The summed E-state index contributed by atoms with van der Waals surface area (Å²) in [6.45, 7) is 2.30. The second-order valence-corrected chi connectivity index (χ2v) is 12.8. The molecule has 3 aliphatic carbocycles. The summed E-state index contributed by atoms with van der Waals surface area (Å²) < 4.78 is 8.92. The minimum Gasteiger partial charge on any atom is -0.185 e. The van der Waals surface area contributed by atoms with E-state index in [1.165, 1.54) is 86.5 Å². The molecule has 0 bridgehead atoms. The largest absolute Gasteiger partial charge is 0.185 e. The molecule has 1 aromatic rings. The van der Waals surface area contributed by atoms with Gasteiger partial charge in [0.1, 0.15) is 0 Å². The number of hydrogen-bond acceptors (Lipinski definition) is 1. The first-order chi connectivity index (χ1) is 12.1. The number of aromatic nitrogens is 2. The molecule has 0 atom stereocenters. The van der Waals surface area contributed by atoms with Crippen LogP contribution in [0.4, 0.5) is 0 Å². The van der Waals surface area contributed by atoms with Crippen molar-refractivity contribution < 1.29 is 19.4 Å². The van der Waals surface area contributed by atoms with Gasteiger partial charge < -0.3 is 0 Å². The Balaban J connectivity index is 0.000000258. The maximum absolute atomic E-state index is 2.63. The molecular formula is C19H31I2N3Pt. The first kappa shape index (κ1) is 21.0. The first-order valence-electron chi connectivity index (χ1n) is 9.94. The summed E-state index contributed by atoms with van der Waals surface area (Å²) in [5.41, 5.74) is 1.47. The SMILES string of the molecule is Cc1cn(C2CCCCC2)[c](=[Pt])n1C1CCCCC1.IN(I)C1CC1. The average molecular weight is 750 g/mol. The van der Waals surface area contributed by atoms with Gasteiger partial charge in [-0.15, -0.1) is 0 Å². The van der Waals surface area contributed by atoms with E-state index in [2.05, 4.69) is 88.7 Å². The Morgan fingerprint density at radius 3 is 1.84 bits per heavy atom. The van der Waals surface area contributed by atoms with Crippen molar-refractivity contribution in [3.05, 3.63) is 15.7 Å². The van der Waals surface area contributed by atoms with Crippen molar-refractivity contribution >= 4 is 45.7 Å². The third kappa shape index (κ3) is 5.90. The van der Waals surface area contributed by atoms with Gasteiger partial charge in [0.25, 0.3) is 0 Å². The van der Waals surface area contributed by atoms with E-state index < -0.39 is 0 Å². The van der Waals surface area contributed by atoms with Gasteiger partial charge in [-0.3, -0.25) is 0 Å². The molecule has 3 fully saturated rings. The molecule has 0 unspecified atom stereocenters. The number of nitrogens with zero attached hydrogens (tertiary/aromatic N) is 3. The van der Waals surface area contributed by atoms with Gasteiger partial charge in [-0.25, -0.2) is 0 Å². The van der Waals surface area contributed by atoms with Gasteiger partial charge in [0.2, 0.25) is 0 Å². The van der Waals surface area contributed by atoms with Crippen LogP contribution in [0.3, 0.4) is 0 Å². The second-order valence-electron chi connectivity index (χ2n) is 7.86. The molecule has 25 heavy (non-hydrogen) atoms. The van der Waals surface area contributed by atoms with E-state index in [-0.39, 0.29) is 0 Å². The molecule has 0 amide bonds. The fourth-order valence-corrected chi connectivity index (χ4v) is 6.70. The number of imidazole rings is 1. The van der Waals surface area contributed by atoms with Gasteiger partial charge in [-0.05, 0) is 12.8 Å². The third-order valence-corrected chi connectivity index (χ3v) is 8.53. The molecule has 3 aliphatic rings. The van der Waals surface area contributed by atoms with Crippen molar-refractivity contribution in [2.75, 3.05) is 0 Å². The van der Waals surface area contributed by atoms with Gasteiger partial charge >= 0.3 is 127 Å². The maximum Gasteiger partial charge on any atom is 0.0311 e. The molecule has 146 valence electrons. The quantitative estimate of drug-likeness (QED) is 0.244. The van der Waals surface area contributed by atoms with Crippen LogP contribution in [0, 0.1) is 10.7 Å². The van der Waals surface area contributed by atoms with Gasteiger partial charge in [0.05, 0.1) is 0 Å². The minimum absolute atomic E-state index is 0.768. The summed E-state index contributed by atoms with van der Waals surface area (Å²) in [5, 5.41) is 0. The van der Waals surface area contributed by atoms with Crippen LogP contribution in [-0.4, -0.2) is 16.5 Å². The van der Waals surface area contributed by atoms with Crippen LogP contribution in [0.5, 0.6) is 0 Å². The number of rotatable bonds is 3. The normalized spacial score (nSPS) is 22.8. The number of aryl methyl sites for hydroxylation is 1. The Hall–Kier alpha value is 1.32. The van der Waals surface area contributed by atoms with E-state index >= 15 is 0 Å². The average Bonchev–Trinajstić information content (AvgIpc) is 3.43. The monoisotopic (exact) mass is 750 g/mol. The molecular weight excluding hydrogens is 719 g/mol. The van der Waals surface area contributed by atoms with Crippen LogP contribution in [0.25, 0.3) is 0 Å². The van der Waals surface area contributed by atoms with E-state index in [0.29, 0.717) is 0 Å². The summed E-state index contributed by atoms with van der Waals surface area (Å²) in [6, 6.07) is 2.45. The summed E-state index contributed by atoms with van der Waals surface area (Å²) >= 11 is 7.20. The van der Waals surface area contributed by atoms with Crippen molar-refractivity contribution in [2.45, 2.75) is 102 Å². The predicted molar refractivity (Wildman–Crippen MR) is 118 cm³/mol. The van der Waals surface area contributed by atoms with Crippen LogP contribution in [0.15, 0.2) is 6.20 Å². The number of hydrogen-bond donors (Lipinski definition) is 0. The Morgan fingerprint density at radius 2 is 1.40 bits per heavy atom. The molecule has 0 aliphatic heterocycles. The molecule has 0 spiro atoms. The van der Waals surface area contributed by atoms with Crippen LogP contribution in [0.2, 0.25) is 0 Å². The predicted octanol–water partition coefficient (Wildman–Crippen LogP) is 6.84. The van der Waals surface area contributed by atoms with Crippen LogP contribution >= 0.6 is 45.7 Å². The molecule has 1 heterocycles. The van der Waals surface area contributed by atoms with Gasteiger partial charge in [0, 0.05) is 51.8 Å². The molecule has 0 radical (unpaired) electrons. The van der Waals surface area contributed by atoms with Crippen molar-refractivity contribution in [3.8, 4) is 0 Å². The Morgan fingerprint density at radius 1 is 0.880 bits per heavy atom. The van der Waals surface area contributed by atoms with E-state index in [4.69, 9.17) is 0 Å². The van der Waals surface area contributed by atoms with E-state index in [9.17, 15) is 0 Å². The van der Waals surface area contributed by atoms with Crippen molar-refractivity contribution in [1.82, 2.24) is 10.5 Å². The molecule has 3 nitrogen and oxygen atoms in total. The standard InChI is InChI=1S/C16H26N2.C3H5I2N.Pt/c1-14-12-17(15-8-4-2-5-9-15)13-18(14)16-10-6-3-7-11-16;4-6(5)3-1-2-3;/h12,15-16H,2-11H2,1H3;3H,1-2H2;. The molecule has 0 N–H and O–H groups in total. The number of halogens is 2. The zero-order chi connectivity index (χ0) is 17.8. The van der Waals surface area contributed by atoms with Crippen molar-refractivity contribution in [3.63, 3.8) is 0 Å². The smallest absolute Gasteiger partial charge is 0.0311 e. The second kappa shape index (κ2) is 10.2. The van der Waals surface area contributed by atoms with Crippen molar-refractivity contribution in [2.24, 2.45) is 0 Å². The topological polar surface area (TPSA) is 13.1 Å². The van der Waals surface area contributed by atoms with Gasteiger partial charge in [0.15, 0.2) is 0 Å². The van der Waals surface area contributed by atoms with Gasteiger partial charge in [-0.1, -0.05) is 0 Å². The molecule has 0 aromatic carbocycles. The van der Waals surface area contributed by atoms with Gasteiger partial charge in [-0.2, -0.15) is 1.33 Å². The molecule has 3 saturated carbocycles. The Labute approximate surface area is 191 Å². The maximum atomic E-state index is 2.63. The van der Waals surface area contributed by atoms with E-state index in [1.807, 2.05) is 0 Å². The van der Waals surface area contributed by atoms with Crippen LogP contribution in [0.1, 0.15) is 94.8 Å². The molecule has 4 rings (SSSR count). The summed E-state index contributed by atoms with van der Waals surface area (Å²) in [5.74, 6) is 0. The molecule has 6 heteroatoms. The zero-order valence-corrected chi connectivity index (χ0v) is 21.8. The Kier molecular flexibility index (Phi) is 8.58. The van der Waals surface area contributed by atoms with Crippen molar-refractivity contribution in [1.29, 1.82) is 0 Å². The third-order valence-electron chi connectivity index (χ3n) is 5.82. The first-order valence-corrected chi connectivity index (χ1v) is 13.0.